The number of anilines is 1. The Morgan fingerprint density at radius 2 is 1.65 bits per heavy atom. The second kappa shape index (κ2) is 10.9. The Kier molecular flexibility index (Phi) is 8.93. The quantitative estimate of drug-likeness (QED) is 0.431. The van der Waals surface area contributed by atoms with Gasteiger partial charge >= 0.3 is 0 Å². The number of hydrogen-bond acceptors (Lipinski definition) is 4. The summed E-state index contributed by atoms with van der Waals surface area (Å²) in [7, 11) is -3.55. The molecule has 0 spiro atoms. The van der Waals surface area contributed by atoms with E-state index >= 15 is 0 Å². The lowest BCUT2D eigenvalue weighted by molar-refractivity contribution is 0.196. The molecule has 0 aromatic heterocycles. The third-order valence-corrected chi connectivity index (χ3v) is 5.69. The molecule has 0 aliphatic rings. The predicted molar refractivity (Wildman–Crippen MR) is 141 cm³/mol. The van der Waals surface area contributed by atoms with Crippen LogP contribution < -0.4 is 20.1 Å². The lowest BCUT2D eigenvalue weighted by atomic mass is 9.86. The van der Waals surface area contributed by atoms with E-state index < -0.39 is 15.8 Å². The van der Waals surface area contributed by atoms with E-state index in [1.54, 1.807) is 6.07 Å². The summed E-state index contributed by atoms with van der Waals surface area (Å²) in [6, 6.07) is 10.5. The minimum absolute atomic E-state index is 0.00428. The number of benzene rings is 2. The number of rotatable bonds is 8. The van der Waals surface area contributed by atoms with Gasteiger partial charge in [-0.3, -0.25) is 4.72 Å². The second-order valence-corrected chi connectivity index (χ2v) is 12.8. The van der Waals surface area contributed by atoms with Gasteiger partial charge in [0.05, 0.1) is 18.6 Å². The zero-order valence-electron chi connectivity index (χ0n) is 21.0. The van der Waals surface area contributed by atoms with Gasteiger partial charge in [0.25, 0.3) is 0 Å². The zero-order valence-corrected chi connectivity index (χ0v) is 22.6. The fraction of sp³-hybridized carbons (Fsp3) is 0.480. The maximum Gasteiger partial charge on any atom is 0.229 e. The maximum absolute atomic E-state index is 14.2. The number of halogens is 1. The van der Waals surface area contributed by atoms with Gasteiger partial charge in [-0.05, 0) is 52.4 Å². The number of nitrogens with one attached hydrogen (secondary N) is 3. The van der Waals surface area contributed by atoms with Crippen LogP contribution in [-0.4, -0.2) is 26.4 Å². The summed E-state index contributed by atoms with van der Waals surface area (Å²) >= 11 is 5.39. The number of ether oxygens (including phenoxy) is 1. The van der Waals surface area contributed by atoms with Crippen molar-refractivity contribution in [3.63, 3.8) is 0 Å². The van der Waals surface area contributed by atoms with Gasteiger partial charge in [-0.15, -0.1) is 0 Å². The lowest BCUT2D eigenvalue weighted by Gasteiger charge is -2.24. The Bertz CT molecular complexity index is 1120. The average Bonchev–Trinajstić information content (AvgIpc) is 2.69. The highest BCUT2D eigenvalue weighted by atomic mass is 32.2. The molecule has 188 valence electrons. The second-order valence-electron chi connectivity index (χ2n) is 10.6. The summed E-state index contributed by atoms with van der Waals surface area (Å²) in [5.41, 5.74) is 2.75. The monoisotopic (exact) mass is 509 g/mol. The van der Waals surface area contributed by atoms with Crippen molar-refractivity contribution < 1.29 is 17.5 Å². The van der Waals surface area contributed by atoms with Crippen molar-refractivity contribution in [3.05, 3.63) is 58.9 Å². The maximum atomic E-state index is 14.2. The van der Waals surface area contributed by atoms with E-state index in [0.29, 0.717) is 23.8 Å². The fourth-order valence-corrected chi connectivity index (χ4v) is 3.68. The fourth-order valence-electron chi connectivity index (χ4n) is 2.97. The first-order valence-electron chi connectivity index (χ1n) is 11.1. The van der Waals surface area contributed by atoms with Crippen molar-refractivity contribution in [1.82, 2.24) is 10.6 Å². The first-order chi connectivity index (χ1) is 15.5. The average molecular weight is 510 g/mol. The van der Waals surface area contributed by atoms with E-state index in [1.807, 2.05) is 0 Å². The van der Waals surface area contributed by atoms with Crippen molar-refractivity contribution in [1.29, 1.82) is 0 Å². The highest BCUT2D eigenvalue weighted by molar-refractivity contribution is 7.92. The molecule has 0 fully saturated rings. The summed E-state index contributed by atoms with van der Waals surface area (Å²) in [4.78, 5) is 0. The Labute approximate surface area is 208 Å². The van der Waals surface area contributed by atoms with Gasteiger partial charge in [0.1, 0.15) is 11.6 Å². The van der Waals surface area contributed by atoms with Crippen LogP contribution in [0, 0.1) is 11.2 Å². The predicted octanol–water partition coefficient (Wildman–Crippen LogP) is 5.08. The molecule has 0 bridgehead atoms. The smallest absolute Gasteiger partial charge is 0.229 e. The van der Waals surface area contributed by atoms with Gasteiger partial charge < -0.3 is 15.4 Å². The SMILES string of the molecule is CC(C)(C)COc1cc(C(C)(C)C)ccc1CNC(=S)NCc1ccc(NS(C)(=O)=O)c(F)c1. The minimum atomic E-state index is -3.55. The molecule has 0 atom stereocenters. The Morgan fingerprint density at radius 3 is 2.21 bits per heavy atom. The van der Waals surface area contributed by atoms with Crippen LogP contribution in [0.5, 0.6) is 5.75 Å². The van der Waals surface area contributed by atoms with E-state index in [1.165, 1.54) is 17.7 Å². The molecule has 2 aromatic rings. The van der Waals surface area contributed by atoms with Crippen LogP contribution in [0.1, 0.15) is 58.2 Å². The van der Waals surface area contributed by atoms with Crippen molar-refractivity contribution in [2.75, 3.05) is 17.6 Å². The molecule has 3 N–H and O–H groups in total. The summed E-state index contributed by atoms with van der Waals surface area (Å²) in [5.74, 6) is 0.178. The van der Waals surface area contributed by atoms with E-state index in [0.717, 1.165) is 17.6 Å². The van der Waals surface area contributed by atoms with Crippen LogP contribution in [0.3, 0.4) is 0 Å². The highest BCUT2D eigenvalue weighted by Gasteiger charge is 2.18. The summed E-state index contributed by atoms with van der Waals surface area (Å²) in [6.45, 7) is 14.2. The van der Waals surface area contributed by atoms with Gasteiger partial charge in [-0.25, -0.2) is 12.8 Å². The molecule has 2 aromatic carbocycles. The van der Waals surface area contributed by atoms with Crippen molar-refractivity contribution in [3.8, 4) is 5.75 Å². The molecule has 0 saturated heterocycles. The standard InChI is InChI=1S/C25H36FN3O3S2/c1-24(2,3)16-32-22-13-19(25(4,5)6)10-9-18(22)15-28-23(33)27-14-17-8-11-21(20(26)12-17)29-34(7,30)31/h8-13,29H,14-16H2,1-7H3,(H2,27,28,33). The molecule has 0 unspecified atom stereocenters. The number of thiocarbonyl (C=S) groups is 1. The van der Waals surface area contributed by atoms with Crippen molar-refractivity contribution >= 4 is 33.0 Å². The van der Waals surface area contributed by atoms with Crippen LogP contribution >= 0.6 is 12.2 Å². The van der Waals surface area contributed by atoms with Crippen LogP contribution in [0.25, 0.3) is 0 Å². The van der Waals surface area contributed by atoms with Gasteiger partial charge in [0, 0.05) is 18.7 Å². The zero-order chi connectivity index (χ0) is 25.7. The van der Waals surface area contributed by atoms with E-state index in [2.05, 4.69) is 75.1 Å². The van der Waals surface area contributed by atoms with Crippen LogP contribution in [0.2, 0.25) is 0 Å². The normalized spacial score (nSPS) is 12.2. The van der Waals surface area contributed by atoms with Crippen LogP contribution in [0.4, 0.5) is 10.1 Å². The highest BCUT2D eigenvalue weighted by Crippen LogP contribution is 2.30. The lowest BCUT2D eigenvalue weighted by Crippen LogP contribution is -2.34. The van der Waals surface area contributed by atoms with Crippen LogP contribution in [0.15, 0.2) is 36.4 Å². The molecule has 0 amide bonds. The third kappa shape index (κ3) is 9.46. The topological polar surface area (TPSA) is 79.5 Å². The first-order valence-corrected chi connectivity index (χ1v) is 13.4. The van der Waals surface area contributed by atoms with Gasteiger partial charge in [-0.1, -0.05) is 59.7 Å². The summed E-state index contributed by atoms with van der Waals surface area (Å²) in [6.07, 6.45) is 0.974. The van der Waals surface area contributed by atoms with Crippen molar-refractivity contribution in [2.45, 2.75) is 60.0 Å². The van der Waals surface area contributed by atoms with Crippen molar-refractivity contribution in [2.24, 2.45) is 5.41 Å². The first kappa shape index (κ1) is 27.9. The molecular weight excluding hydrogens is 473 g/mol. The molecule has 0 radical (unpaired) electrons. The van der Waals surface area contributed by atoms with Gasteiger partial charge in [-0.2, -0.15) is 0 Å². The molecular formula is C25H36FN3O3S2. The Morgan fingerprint density at radius 1 is 1.00 bits per heavy atom. The Hall–Kier alpha value is -2.39. The molecule has 9 heteroatoms. The summed E-state index contributed by atoms with van der Waals surface area (Å²) in [5, 5.41) is 6.64. The van der Waals surface area contributed by atoms with E-state index in [9.17, 15) is 12.8 Å². The van der Waals surface area contributed by atoms with E-state index in [-0.39, 0.29) is 23.1 Å². The number of sulfonamides is 1. The third-order valence-electron chi connectivity index (χ3n) is 4.82. The van der Waals surface area contributed by atoms with Gasteiger partial charge in [0.2, 0.25) is 10.0 Å². The number of hydrogen-bond donors (Lipinski definition) is 3. The molecule has 0 saturated carbocycles. The van der Waals surface area contributed by atoms with Gasteiger partial charge in [0.15, 0.2) is 5.11 Å². The molecule has 34 heavy (non-hydrogen) atoms. The molecule has 2 rings (SSSR count). The van der Waals surface area contributed by atoms with E-state index in [4.69, 9.17) is 17.0 Å². The summed E-state index contributed by atoms with van der Waals surface area (Å²) < 4.78 is 45.1. The van der Waals surface area contributed by atoms with Crippen LogP contribution in [-0.2, 0) is 28.5 Å². The minimum Gasteiger partial charge on any atom is -0.493 e. The molecule has 0 aliphatic heterocycles. The Balaban J connectivity index is 2.01. The molecule has 0 aliphatic carbocycles. The largest absolute Gasteiger partial charge is 0.493 e. The molecule has 0 heterocycles. The molecule has 6 nitrogen and oxygen atoms in total.